The van der Waals surface area contributed by atoms with Crippen LogP contribution in [0, 0.1) is 0 Å². The molecule has 2 nitrogen and oxygen atoms in total. The van der Waals surface area contributed by atoms with Gasteiger partial charge in [0.15, 0.2) is 0 Å². The molecule has 0 aliphatic heterocycles. The zero-order valence-corrected chi connectivity index (χ0v) is 6.94. The van der Waals surface area contributed by atoms with E-state index in [9.17, 15) is 9.90 Å². The number of hydrogen-bond donors (Lipinski definition) is 1. The first kappa shape index (κ1) is 7.00. The van der Waals surface area contributed by atoms with Gasteiger partial charge in [0.05, 0.1) is 4.88 Å². The maximum absolute atomic E-state index is 11.3. The van der Waals surface area contributed by atoms with Crippen molar-refractivity contribution in [1.82, 2.24) is 0 Å². The van der Waals surface area contributed by atoms with Crippen LogP contribution in [0.3, 0.4) is 0 Å². The van der Waals surface area contributed by atoms with Gasteiger partial charge in [-0.2, -0.15) is 0 Å². The monoisotopic (exact) mass is 168 g/mol. The van der Waals surface area contributed by atoms with Crippen molar-refractivity contribution in [3.63, 3.8) is 0 Å². The van der Waals surface area contributed by atoms with Crippen molar-refractivity contribution in [2.75, 3.05) is 0 Å². The first-order chi connectivity index (χ1) is 5.11. The predicted molar refractivity (Wildman–Crippen MR) is 43.0 cm³/mol. The summed E-state index contributed by atoms with van der Waals surface area (Å²) in [6.07, 6.45) is 0.477. The topological polar surface area (TPSA) is 37.3 Å². The number of thiophene rings is 1. The number of ketones is 1. The molecule has 1 aromatic heterocycles. The van der Waals surface area contributed by atoms with Crippen LogP contribution in [0.15, 0.2) is 11.4 Å². The first-order valence-corrected chi connectivity index (χ1v) is 4.33. The number of aliphatic hydroxyl groups is 1. The second kappa shape index (κ2) is 1.93. The molecule has 2 rings (SSSR count). The van der Waals surface area contributed by atoms with Crippen LogP contribution < -0.4 is 0 Å². The standard InChI is InChI=1S/C8H8O2S/c1-8(10)4-5-2-3-11-6(5)7(8)9/h2-3,10H,4H2,1H3/t8-/m0/s1. The Morgan fingerprint density at radius 2 is 2.45 bits per heavy atom. The molecule has 1 atom stereocenters. The minimum atomic E-state index is -1.14. The Bertz CT molecular complexity index is 312. The quantitative estimate of drug-likeness (QED) is 0.632. The van der Waals surface area contributed by atoms with Crippen LogP contribution in [0.25, 0.3) is 0 Å². The summed E-state index contributed by atoms with van der Waals surface area (Å²) in [5.74, 6) is -0.123. The molecule has 0 radical (unpaired) electrons. The van der Waals surface area contributed by atoms with E-state index < -0.39 is 5.60 Å². The zero-order chi connectivity index (χ0) is 8.06. The molecule has 11 heavy (non-hydrogen) atoms. The van der Waals surface area contributed by atoms with Crippen LogP contribution in [0.5, 0.6) is 0 Å². The van der Waals surface area contributed by atoms with E-state index in [-0.39, 0.29) is 5.78 Å². The molecule has 1 aromatic rings. The number of hydrogen-bond acceptors (Lipinski definition) is 3. The minimum Gasteiger partial charge on any atom is -0.382 e. The molecule has 0 spiro atoms. The van der Waals surface area contributed by atoms with Crippen molar-refractivity contribution in [2.24, 2.45) is 0 Å². The van der Waals surface area contributed by atoms with Crippen LogP contribution in [-0.4, -0.2) is 16.5 Å². The smallest absolute Gasteiger partial charge is 0.204 e. The minimum absolute atomic E-state index is 0.123. The van der Waals surface area contributed by atoms with Gasteiger partial charge in [0.2, 0.25) is 5.78 Å². The van der Waals surface area contributed by atoms with Gasteiger partial charge in [-0.15, -0.1) is 11.3 Å². The lowest BCUT2D eigenvalue weighted by Gasteiger charge is -2.11. The number of carbonyl (C=O) groups is 1. The van der Waals surface area contributed by atoms with Crippen molar-refractivity contribution in [3.8, 4) is 0 Å². The van der Waals surface area contributed by atoms with E-state index >= 15 is 0 Å². The molecule has 0 bridgehead atoms. The highest BCUT2D eigenvalue weighted by Gasteiger charge is 2.40. The van der Waals surface area contributed by atoms with Gasteiger partial charge in [0, 0.05) is 6.42 Å². The van der Waals surface area contributed by atoms with Crippen molar-refractivity contribution < 1.29 is 9.90 Å². The molecule has 0 amide bonds. The largest absolute Gasteiger partial charge is 0.382 e. The van der Waals surface area contributed by atoms with Gasteiger partial charge in [-0.05, 0) is 23.9 Å². The highest BCUT2D eigenvalue weighted by atomic mass is 32.1. The van der Waals surface area contributed by atoms with Gasteiger partial charge in [0.1, 0.15) is 5.60 Å². The number of carbonyl (C=O) groups excluding carboxylic acids is 1. The van der Waals surface area contributed by atoms with Crippen molar-refractivity contribution >= 4 is 17.1 Å². The normalized spacial score (nSPS) is 29.1. The zero-order valence-electron chi connectivity index (χ0n) is 6.13. The molecule has 0 saturated heterocycles. The predicted octanol–water partition coefficient (Wildman–Crippen LogP) is 1.24. The molecule has 0 aromatic carbocycles. The van der Waals surface area contributed by atoms with Gasteiger partial charge < -0.3 is 5.11 Å². The van der Waals surface area contributed by atoms with Gasteiger partial charge in [-0.3, -0.25) is 4.79 Å². The first-order valence-electron chi connectivity index (χ1n) is 3.45. The Morgan fingerprint density at radius 3 is 3.09 bits per heavy atom. The maximum atomic E-state index is 11.3. The number of rotatable bonds is 0. The summed E-state index contributed by atoms with van der Waals surface area (Å²) < 4.78 is 0. The van der Waals surface area contributed by atoms with Crippen LogP contribution in [0.2, 0.25) is 0 Å². The fourth-order valence-corrected chi connectivity index (χ4v) is 2.36. The molecule has 0 fully saturated rings. The highest BCUT2D eigenvalue weighted by molar-refractivity contribution is 7.12. The van der Waals surface area contributed by atoms with E-state index in [1.165, 1.54) is 11.3 Å². The van der Waals surface area contributed by atoms with Crippen LogP contribution in [0.4, 0.5) is 0 Å². The van der Waals surface area contributed by atoms with E-state index in [4.69, 9.17) is 0 Å². The van der Waals surface area contributed by atoms with E-state index in [1.54, 1.807) is 6.92 Å². The lowest BCUT2D eigenvalue weighted by atomic mass is 10.0. The fourth-order valence-electron chi connectivity index (χ4n) is 1.37. The molecule has 3 heteroatoms. The third-order valence-corrected chi connectivity index (χ3v) is 2.93. The van der Waals surface area contributed by atoms with E-state index in [0.29, 0.717) is 6.42 Å². The van der Waals surface area contributed by atoms with Crippen LogP contribution in [-0.2, 0) is 6.42 Å². The van der Waals surface area contributed by atoms with Crippen LogP contribution >= 0.6 is 11.3 Å². The van der Waals surface area contributed by atoms with E-state index in [2.05, 4.69) is 0 Å². The van der Waals surface area contributed by atoms with Crippen molar-refractivity contribution in [2.45, 2.75) is 18.9 Å². The van der Waals surface area contributed by atoms with Gasteiger partial charge in [-0.1, -0.05) is 0 Å². The van der Waals surface area contributed by atoms with Gasteiger partial charge in [0.25, 0.3) is 0 Å². The van der Waals surface area contributed by atoms with Crippen molar-refractivity contribution in [3.05, 3.63) is 21.9 Å². The van der Waals surface area contributed by atoms with E-state index in [1.807, 2.05) is 11.4 Å². The molecule has 1 heterocycles. The van der Waals surface area contributed by atoms with Crippen LogP contribution in [0.1, 0.15) is 22.2 Å². The summed E-state index contributed by atoms with van der Waals surface area (Å²) in [5, 5.41) is 11.4. The van der Waals surface area contributed by atoms with Gasteiger partial charge >= 0.3 is 0 Å². The molecule has 1 aliphatic carbocycles. The summed E-state index contributed by atoms with van der Waals surface area (Å²) in [5.41, 5.74) is -0.146. The summed E-state index contributed by atoms with van der Waals surface area (Å²) in [4.78, 5) is 12.1. The third-order valence-electron chi connectivity index (χ3n) is 1.98. The average Bonchev–Trinajstić information content (AvgIpc) is 2.39. The Labute approximate surface area is 68.5 Å². The molecule has 0 saturated carbocycles. The summed E-state index contributed by atoms with van der Waals surface area (Å²) >= 11 is 1.41. The molecular weight excluding hydrogens is 160 g/mol. The Balaban J connectivity index is 2.54. The molecule has 1 N–H and O–H groups in total. The third kappa shape index (κ3) is 0.847. The van der Waals surface area contributed by atoms with Crippen molar-refractivity contribution in [1.29, 1.82) is 0 Å². The number of fused-ring (bicyclic) bond motifs is 1. The second-order valence-corrected chi connectivity index (χ2v) is 3.97. The van der Waals surface area contributed by atoms with Gasteiger partial charge in [-0.25, -0.2) is 0 Å². The number of Topliss-reactive ketones (excluding diaryl/α,β-unsaturated/α-hetero) is 1. The second-order valence-electron chi connectivity index (χ2n) is 3.05. The summed E-state index contributed by atoms with van der Waals surface area (Å²) in [6.45, 7) is 1.57. The summed E-state index contributed by atoms with van der Waals surface area (Å²) in [7, 11) is 0. The Hall–Kier alpha value is -0.670. The molecular formula is C8H8O2S. The SMILES string of the molecule is C[C@]1(O)Cc2ccsc2C1=O. The summed E-state index contributed by atoms with van der Waals surface area (Å²) in [6, 6.07) is 1.90. The fraction of sp³-hybridized carbons (Fsp3) is 0.375. The highest BCUT2D eigenvalue weighted by Crippen LogP contribution is 2.33. The lowest BCUT2D eigenvalue weighted by molar-refractivity contribution is 0.0463. The van der Waals surface area contributed by atoms with E-state index in [0.717, 1.165) is 10.4 Å². The Kier molecular flexibility index (Phi) is 1.23. The lowest BCUT2D eigenvalue weighted by Crippen LogP contribution is -2.31. The Morgan fingerprint density at radius 1 is 1.73 bits per heavy atom. The molecule has 58 valence electrons. The average molecular weight is 168 g/mol. The molecule has 0 unspecified atom stereocenters. The molecule has 1 aliphatic rings. The maximum Gasteiger partial charge on any atom is 0.204 e.